The quantitative estimate of drug-likeness (QED) is 0.672. The van der Waals surface area contributed by atoms with Gasteiger partial charge in [0.05, 0.1) is 0 Å². The van der Waals surface area contributed by atoms with Gasteiger partial charge in [0.25, 0.3) is 0 Å². The Hall–Kier alpha value is -1.04. The van der Waals surface area contributed by atoms with Gasteiger partial charge in [-0.15, -0.1) is 11.8 Å². The first-order chi connectivity index (χ1) is 8.85. The maximum absolute atomic E-state index is 5.87. The molecule has 0 bridgehead atoms. The van der Waals surface area contributed by atoms with Crippen LogP contribution in [0.3, 0.4) is 0 Å². The van der Waals surface area contributed by atoms with E-state index in [0.717, 1.165) is 15.8 Å². The zero-order valence-corrected chi connectivity index (χ0v) is 11.8. The highest BCUT2D eigenvalue weighted by Crippen LogP contribution is 2.33. The van der Waals surface area contributed by atoms with Gasteiger partial charge in [-0.1, -0.05) is 13.0 Å². The molecule has 1 aromatic heterocycles. The van der Waals surface area contributed by atoms with Crippen LogP contribution in [-0.2, 0) is 6.54 Å². The van der Waals surface area contributed by atoms with Gasteiger partial charge in [-0.2, -0.15) is 0 Å². The molecule has 2 rings (SSSR count). The van der Waals surface area contributed by atoms with E-state index in [0.29, 0.717) is 6.54 Å². The molecule has 0 atom stereocenters. The van der Waals surface area contributed by atoms with E-state index in [-0.39, 0.29) is 0 Å². The maximum Gasteiger partial charge on any atom is 0.192 e. The minimum absolute atomic E-state index is 0.540. The first-order valence-electron chi connectivity index (χ1n) is 5.74. The van der Waals surface area contributed by atoms with E-state index in [9.17, 15) is 0 Å². The molecule has 18 heavy (non-hydrogen) atoms. The number of rotatable bonds is 5. The molecule has 0 spiro atoms. The van der Waals surface area contributed by atoms with Crippen molar-refractivity contribution in [1.82, 2.24) is 9.97 Å². The van der Waals surface area contributed by atoms with E-state index >= 15 is 0 Å². The number of thioether (sulfide) groups is 1. The van der Waals surface area contributed by atoms with E-state index < -0.39 is 0 Å². The molecule has 0 fully saturated rings. The number of hydrogen-bond acceptors (Lipinski definition) is 5. The number of nitrogens with zero attached hydrogens (tertiary/aromatic N) is 2. The van der Waals surface area contributed by atoms with Crippen molar-refractivity contribution in [2.75, 3.05) is 5.75 Å². The third-order valence-corrected chi connectivity index (χ3v) is 4.32. The Morgan fingerprint density at radius 3 is 2.50 bits per heavy atom. The number of nitrogens with two attached hydrogens (primary N) is 1. The second kappa shape index (κ2) is 6.78. The number of benzene rings is 1. The van der Waals surface area contributed by atoms with Crippen LogP contribution in [0.1, 0.15) is 12.5 Å². The minimum Gasteiger partial charge on any atom is -0.326 e. The molecular weight excluding hydrogens is 262 g/mol. The topological polar surface area (TPSA) is 51.8 Å². The third kappa shape index (κ3) is 3.25. The molecule has 5 heteroatoms. The molecule has 0 aliphatic carbocycles. The van der Waals surface area contributed by atoms with Crippen LogP contribution in [0, 0.1) is 0 Å². The van der Waals surface area contributed by atoms with Crippen molar-refractivity contribution in [2.45, 2.75) is 28.4 Å². The molecule has 0 aliphatic heterocycles. The normalized spacial score (nSPS) is 10.6. The lowest BCUT2D eigenvalue weighted by molar-refractivity contribution is 0.949. The average molecular weight is 277 g/mol. The molecule has 0 aliphatic rings. The predicted octanol–water partition coefficient (Wildman–Crippen LogP) is 3.20. The summed E-state index contributed by atoms with van der Waals surface area (Å²) in [5.41, 5.74) is 7.05. The summed E-state index contributed by atoms with van der Waals surface area (Å²) in [7, 11) is 0. The van der Waals surface area contributed by atoms with Crippen molar-refractivity contribution < 1.29 is 0 Å². The Labute approximate surface area is 116 Å². The van der Waals surface area contributed by atoms with Gasteiger partial charge < -0.3 is 5.73 Å². The summed E-state index contributed by atoms with van der Waals surface area (Å²) in [4.78, 5) is 10.9. The molecule has 0 saturated heterocycles. The summed E-state index contributed by atoms with van der Waals surface area (Å²) in [6.07, 6.45) is 3.50. The van der Waals surface area contributed by atoms with Crippen LogP contribution in [0.25, 0.3) is 0 Å². The van der Waals surface area contributed by atoms with E-state index in [4.69, 9.17) is 5.73 Å². The monoisotopic (exact) mass is 277 g/mol. The Bertz CT molecular complexity index is 503. The fraction of sp³-hybridized carbons (Fsp3) is 0.231. The molecule has 0 saturated carbocycles. The van der Waals surface area contributed by atoms with E-state index in [1.165, 1.54) is 10.5 Å². The van der Waals surface area contributed by atoms with Gasteiger partial charge in [0.1, 0.15) is 0 Å². The summed E-state index contributed by atoms with van der Waals surface area (Å²) in [6, 6.07) is 8.06. The SMILES string of the molecule is CCSc1cccc(Sc2ncccn2)c1CN. The van der Waals surface area contributed by atoms with E-state index in [1.807, 2.05) is 17.8 Å². The Morgan fingerprint density at radius 1 is 1.11 bits per heavy atom. The zero-order chi connectivity index (χ0) is 12.8. The van der Waals surface area contributed by atoms with Crippen molar-refractivity contribution in [3.8, 4) is 0 Å². The predicted molar refractivity (Wildman–Crippen MR) is 76.9 cm³/mol. The maximum atomic E-state index is 5.87. The second-order valence-corrected chi connectivity index (χ2v) is 5.82. The second-order valence-electron chi connectivity index (χ2n) is 3.50. The van der Waals surface area contributed by atoms with Crippen LogP contribution < -0.4 is 5.73 Å². The standard InChI is InChI=1S/C13H15N3S2/c1-2-17-11-5-3-6-12(10(11)9-14)18-13-15-7-4-8-16-13/h3-8H,2,9,14H2,1H3. The molecule has 2 aromatic rings. The zero-order valence-electron chi connectivity index (χ0n) is 10.2. The highest BCUT2D eigenvalue weighted by atomic mass is 32.2. The molecule has 3 nitrogen and oxygen atoms in total. The molecule has 94 valence electrons. The molecule has 0 radical (unpaired) electrons. The average Bonchev–Trinajstić information content (AvgIpc) is 2.41. The minimum atomic E-state index is 0.540. The Kier molecular flexibility index (Phi) is 5.04. The lowest BCUT2D eigenvalue weighted by atomic mass is 10.2. The van der Waals surface area contributed by atoms with Gasteiger partial charge in [-0.25, -0.2) is 9.97 Å². The molecule has 1 aromatic carbocycles. The van der Waals surface area contributed by atoms with E-state index in [1.54, 1.807) is 24.2 Å². The highest BCUT2D eigenvalue weighted by Gasteiger charge is 2.09. The third-order valence-electron chi connectivity index (χ3n) is 2.34. The highest BCUT2D eigenvalue weighted by molar-refractivity contribution is 8.00. The lowest BCUT2D eigenvalue weighted by Gasteiger charge is -2.11. The summed E-state index contributed by atoms with van der Waals surface area (Å²) >= 11 is 3.38. The molecule has 2 N–H and O–H groups in total. The van der Waals surface area contributed by atoms with Crippen molar-refractivity contribution in [3.05, 3.63) is 42.2 Å². The van der Waals surface area contributed by atoms with Crippen LogP contribution >= 0.6 is 23.5 Å². The summed E-state index contributed by atoms with van der Waals surface area (Å²) in [5.74, 6) is 1.04. The fourth-order valence-electron chi connectivity index (χ4n) is 1.57. The van der Waals surface area contributed by atoms with Gasteiger partial charge in [-0.05, 0) is 41.3 Å². The summed E-state index contributed by atoms with van der Waals surface area (Å²) in [5, 5.41) is 0.755. The van der Waals surface area contributed by atoms with Gasteiger partial charge in [0, 0.05) is 28.7 Å². The number of hydrogen-bond donors (Lipinski definition) is 1. The molecular formula is C13H15N3S2. The van der Waals surface area contributed by atoms with Crippen LogP contribution in [0.4, 0.5) is 0 Å². The van der Waals surface area contributed by atoms with Crippen molar-refractivity contribution >= 4 is 23.5 Å². The fourth-order valence-corrected chi connectivity index (χ4v) is 3.37. The first kappa shape index (κ1) is 13.4. The molecule has 0 amide bonds. The number of aromatic nitrogens is 2. The van der Waals surface area contributed by atoms with Crippen molar-refractivity contribution in [1.29, 1.82) is 0 Å². The van der Waals surface area contributed by atoms with E-state index in [2.05, 4.69) is 35.1 Å². The molecule has 1 heterocycles. The molecule has 0 unspecified atom stereocenters. The van der Waals surface area contributed by atoms with Crippen molar-refractivity contribution in [2.24, 2.45) is 5.73 Å². The van der Waals surface area contributed by atoms with Crippen LogP contribution in [-0.4, -0.2) is 15.7 Å². The van der Waals surface area contributed by atoms with Crippen LogP contribution in [0.5, 0.6) is 0 Å². The summed E-state index contributed by atoms with van der Waals surface area (Å²) < 4.78 is 0. The largest absolute Gasteiger partial charge is 0.326 e. The van der Waals surface area contributed by atoms with Gasteiger partial charge >= 0.3 is 0 Å². The Balaban J connectivity index is 2.30. The smallest absolute Gasteiger partial charge is 0.192 e. The van der Waals surface area contributed by atoms with Gasteiger partial charge in [0.15, 0.2) is 5.16 Å². The van der Waals surface area contributed by atoms with Crippen molar-refractivity contribution in [3.63, 3.8) is 0 Å². The van der Waals surface area contributed by atoms with Crippen LogP contribution in [0.15, 0.2) is 51.6 Å². The van der Waals surface area contributed by atoms with Gasteiger partial charge in [-0.3, -0.25) is 0 Å². The van der Waals surface area contributed by atoms with Crippen LogP contribution in [0.2, 0.25) is 0 Å². The lowest BCUT2D eigenvalue weighted by Crippen LogP contribution is -2.01. The summed E-state index contributed by atoms with van der Waals surface area (Å²) in [6.45, 7) is 2.68. The van der Waals surface area contributed by atoms with Gasteiger partial charge in [0.2, 0.25) is 0 Å². The Morgan fingerprint density at radius 2 is 1.83 bits per heavy atom. The first-order valence-corrected chi connectivity index (χ1v) is 7.55.